The number of piperazine rings is 1. The molecular formula is C24H33N2O4+. The summed E-state index contributed by atoms with van der Waals surface area (Å²) in [6.45, 7) is 10.6. The first-order valence-corrected chi connectivity index (χ1v) is 10.5. The normalized spacial score (nSPS) is 15.7. The highest BCUT2D eigenvalue weighted by atomic mass is 16.5. The monoisotopic (exact) mass is 413 g/mol. The average Bonchev–Trinajstić information content (AvgIpc) is 2.74. The van der Waals surface area contributed by atoms with Crippen molar-refractivity contribution in [3.63, 3.8) is 0 Å². The van der Waals surface area contributed by atoms with Crippen molar-refractivity contribution >= 4 is 11.5 Å². The predicted molar refractivity (Wildman–Crippen MR) is 118 cm³/mol. The van der Waals surface area contributed by atoms with Crippen molar-refractivity contribution in [2.45, 2.75) is 26.9 Å². The van der Waals surface area contributed by atoms with E-state index in [0.717, 1.165) is 26.2 Å². The molecule has 0 bridgehead atoms. The molecular weight excluding hydrogens is 380 g/mol. The van der Waals surface area contributed by atoms with Crippen LogP contribution in [0.2, 0.25) is 0 Å². The Balaban J connectivity index is 1.47. The summed E-state index contributed by atoms with van der Waals surface area (Å²) >= 11 is 0. The van der Waals surface area contributed by atoms with Gasteiger partial charge in [-0.2, -0.15) is 0 Å². The average molecular weight is 414 g/mol. The fourth-order valence-corrected chi connectivity index (χ4v) is 3.79. The van der Waals surface area contributed by atoms with Crippen molar-refractivity contribution in [1.82, 2.24) is 0 Å². The zero-order valence-corrected chi connectivity index (χ0v) is 18.4. The summed E-state index contributed by atoms with van der Waals surface area (Å²) in [6, 6.07) is 11.7. The lowest BCUT2D eigenvalue weighted by Crippen LogP contribution is -3.16. The molecule has 1 saturated heterocycles. The molecule has 0 aromatic heterocycles. The molecule has 3 rings (SSSR count). The first kappa shape index (κ1) is 22.1. The number of Topliss-reactive ketones (excluding diaryl/α,β-unsaturated/α-hetero) is 1. The van der Waals surface area contributed by atoms with E-state index in [1.807, 2.05) is 0 Å². The zero-order valence-electron chi connectivity index (χ0n) is 18.4. The number of aliphatic hydroxyl groups is 1. The van der Waals surface area contributed by atoms with Crippen LogP contribution in [0.5, 0.6) is 11.5 Å². The fourth-order valence-electron chi connectivity index (χ4n) is 3.79. The van der Waals surface area contributed by atoms with Gasteiger partial charge in [-0.25, -0.2) is 0 Å². The van der Waals surface area contributed by atoms with E-state index in [0.29, 0.717) is 23.6 Å². The Morgan fingerprint density at radius 2 is 1.83 bits per heavy atom. The summed E-state index contributed by atoms with van der Waals surface area (Å²) in [7, 11) is 1.54. The molecule has 30 heavy (non-hydrogen) atoms. The van der Waals surface area contributed by atoms with Gasteiger partial charge < -0.3 is 24.4 Å². The molecule has 6 heteroatoms. The highest BCUT2D eigenvalue weighted by Gasteiger charge is 2.23. The van der Waals surface area contributed by atoms with Gasteiger partial charge in [-0.1, -0.05) is 6.07 Å². The third-order valence-corrected chi connectivity index (χ3v) is 5.85. The molecule has 1 heterocycles. The number of carbonyl (C=O) groups is 1. The van der Waals surface area contributed by atoms with Crippen LogP contribution in [-0.2, 0) is 0 Å². The Labute approximate surface area is 179 Å². The number of ketones is 1. The lowest BCUT2D eigenvalue weighted by Gasteiger charge is -2.34. The van der Waals surface area contributed by atoms with Crippen LogP contribution < -0.4 is 19.3 Å². The minimum Gasteiger partial charge on any atom is -0.493 e. The van der Waals surface area contributed by atoms with E-state index in [-0.39, 0.29) is 12.4 Å². The van der Waals surface area contributed by atoms with Crippen molar-refractivity contribution in [2.24, 2.45) is 0 Å². The van der Waals surface area contributed by atoms with Crippen molar-refractivity contribution < 1.29 is 24.3 Å². The molecule has 0 amide bonds. The topological polar surface area (TPSA) is 63.4 Å². The Bertz CT molecular complexity index is 876. The Hall–Kier alpha value is -2.57. The molecule has 0 unspecified atom stereocenters. The number of aliphatic hydroxyl groups excluding tert-OH is 1. The number of benzene rings is 2. The quantitative estimate of drug-likeness (QED) is 0.645. The number of nitrogens with one attached hydrogen (secondary N) is 1. The molecule has 0 spiro atoms. The van der Waals surface area contributed by atoms with E-state index >= 15 is 0 Å². The zero-order chi connectivity index (χ0) is 21.7. The molecule has 0 radical (unpaired) electrons. The van der Waals surface area contributed by atoms with Crippen LogP contribution in [-0.4, -0.2) is 63.4 Å². The van der Waals surface area contributed by atoms with Crippen molar-refractivity contribution in [3.05, 3.63) is 53.1 Å². The number of aryl methyl sites for hydroxylation is 2. The third-order valence-electron chi connectivity index (χ3n) is 5.85. The summed E-state index contributed by atoms with van der Waals surface area (Å²) in [4.78, 5) is 15.3. The number of hydrogen-bond donors (Lipinski definition) is 2. The summed E-state index contributed by atoms with van der Waals surface area (Å²) in [5.74, 6) is 1.02. The molecule has 0 aliphatic carbocycles. The second-order valence-electron chi connectivity index (χ2n) is 8.10. The van der Waals surface area contributed by atoms with Crippen LogP contribution in [0.3, 0.4) is 0 Å². The smallest absolute Gasteiger partial charge is 0.161 e. The molecule has 6 nitrogen and oxygen atoms in total. The van der Waals surface area contributed by atoms with E-state index in [9.17, 15) is 9.90 Å². The summed E-state index contributed by atoms with van der Waals surface area (Å²) in [6.07, 6.45) is -0.564. The largest absolute Gasteiger partial charge is 0.493 e. The second-order valence-corrected chi connectivity index (χ2v) is 8.10. The van der Waals surface area contributed by atoms with Crippen molar-refractivity contribution in [2.75, 3.05) is 51.3 Å². The molecule has 2 aromatic rings. The van der Waals surface area contributed by atoms with Gasteiger partial charge in [-0.05, 0) is 62.2 Å². The number of rotatable bonds is 8. The highest BCUT2D eigenvalue weighted by Crippen LogP contribution is 2.28. The number of hydrogen-bond acceptors (Lipinski definition) is 5. The van der Waals surface area contributed by atoms with Crippen LogP contribution >= 0.6 is 0 Å². The maximum atomic E-state index is 11.5. The summed E-state index contributed by atoms with van der Waals surface area (Å²) in [5, 5.41) is 10.5. The van der Waals surface area contributed by atoms with Crippen molar-refractivity contribution in [1.29, 1.82) is 0 Å². The Morgan fingerprint density at radius 3 is 2.47 bits per heavy atom. The van der Waals surface area contributed by atoms with E-state index in [2.05, 4.69) is 36.9 Å². The van der Waals surface area contributed by atoms with Crippen molar-refractivity contribution in [3.8, 4) is 11.5 Å². The van der Waals surface area contributed by atoms with E-state index in [1.54, 1.807) is 25.3 Å². The molecule has 162 valence electrons. The number of quaternary nitrogens is 1. The van der Waals surface area contributed by atoms with Gasteiger partial charge in [-0.15, -0.1) is 0 Å². The van der Waals surface area contributed by atoms with Gasteiger partial charge in [0.25, 0.3) is 0 Å². The molecule has 2 N–H and O–H groups in total. The van der Waals surface area contributed by atoms with Crippen LogP contribution in [0, 0.1) is 13.8 Å². The van der Waals surface area contributed by atoms with Gasteiger partial charge in [0, 0.05) is 11.3 Å². The van der Waals surface area contributed by atoms with Gasteiger partial charge in [0.2, 0.25) is 0 Å². The van der Waals surface area contributed by atoms with E-state index in [1.165, 1.54) is 28.6 Å². The summed E-state index contributed by atoms with van der Waals surface area (Å²) in [5.41, 5.74) is 4.49. The minimum absolute atomic E-state index is 0.0246. The van der Waals surface area contributed by atoms with Gasteiger partial charge >= 0.3 is 0 Å². The lowest BCUT2D eigenvalue weighted by atomic mass is 10.1. The number of nitrogens with zero attached hydrogens (tertiary/aromatic N) is 1. The summed E-state index contributed by atoms with van der Waals surface area (Å²) < 4.78 is 11.1. The fraction of sp³-hybridized carbons (Fsp3) is 0.458. The number of carbonyl (C=O) groups excluding carboxylic acids is 1. The number of ether oxygens (including phenoxy) is 2. The third kappa shape index (κ3) is 5.52. The number of methoxy groups -OCH3 is 1. The molecule has 2 aromatic carbocycles. The first-order valence-electron chi connectivity index (χ1n) is 10.5. The SMILES string of the molecule is COc1cc(C(C)=O)ccc1OC[C@H](O)C[NH+]1CCN(c2ccc(C)c(C)c2)CC1. The van der Waals surface area contributed by atoms with Crippen LogP contribution in [0.1, 0.15) is 28.4 Å². The standard InChI is InChI=1S/C24H32N2O4/c1-17-5-7-21(13-18(17)2)26-11-9-25(10-12-26)15-22(28)16-30-23-8-6-20(19(3)27)14-24(23)29-4/h5-8,13-14,22,28H,9-12,15-16H2,1-4H3/p+1/t22-/m1/s1. The highest BCUT2D eigenvalue weighted by molar-refractivity contribution is 5.94. The molecule has 1 aliphatic rings. The van der Waals surface area contributed by atoms with Gasteiger partial charge in [0.1, 0.15) is 19.3 Å². The maximum absolute atomic E-state index is 11.5. The minimum atomic E-state index is -0.564. The van der Waals surface area contributed by atoms with Gasteiger partial charge in [0.05, 0.1) is 33.3 Å². The maximum Gasteiger partial charge on any atom is 0.161 e. The Morgan fingerprint density at radius 1 is 1.10 bits per heavy atom. The predicted octanol–water partition coefficient (Wildman–Crippen LogP) is 1.66. The molecule has 1 atom stereocenters. The Kier molecular flexibility index (Phi) is 7.34. The molecule has 1 fully saturated rings. The van der Waals surface area contributed by atoms with Crippen LogP contribution in [0.25, 0.3) is 0 Å². The van der Waals surface area contributed by atoms with Crippen LogP contribution in [0.15, 0.2) is 36.4 Å². The first-order chi connectivity index (χ1) is 14.4. The molecule has 1 aliphatic heterocycles. The van der Waals surface area contributed by atoms with E-state index in [4.69, 9.17) is 9.47 Å². The van der Waals surface area contributed by atoms with E-state index < -0.39 is 6.10 Å². The van der Waals surface area contributed by atoms with Gasteiger partial charge in [-0.3, -0.25) is 4.79 Å². The second kappa shape index (κ2) is 9.96. The van der Waals surface area contributed by atoms with Crippen LogP contribution in [0.4, 0.5) is 5.69 Å². The number of anilines is 1. The molecule has 0 saturated carbocycles. The van der Waals surface area contributed by atoms with Gasteiger partial charge in [0.15, 0.2) is 17.3 Å². The lowest BCUT2D eigenvalue weighted by molar-refractivity contribution is -0.903.